The predicted octanol–water partition coefficient (Wildman–Crippen LogP) is 2.72. The molecule has 0 saturated heterocycles. The lowest BCUT2D eigenvalue weighted by molar-refractivity contribution is -0.139. The number of carbonyl (C=O) groups is 2. The summed E-state index contributed by atoms with van der Waals surface area (Å²) < 4.78 is 12.1. The molecule has 2 rings (SSSR count). The maximum atomic E-state index is 11.9. The van der Waals surface area contributed by atoms with Crippen molar-refractivity contribution in [3.8, 4) is 5.75 Å². The lowest BCUT2D eigenvalue weighted by Gasteiger charge is -2.05. The zero-order valence-electron chi connectivity index (χ0n) is 13.2. The molecule has 0 amide bonds. The first-order valence-electron chi connectivity index (χ1n) is 7.01. The summed E-state index contributed by atoms with van der Waals surface area (Å²) in [5, 5.41) is 0.972. The lowest BCUT2D eigenvalue weighted by Crippen LogP contribution is -2.13. The third kappa shape index (κ3) is 3.03. The molecule has 5 nitrogen and oxygen atoms in total. The number of benzene rings is 1. The fourth-order valence-electron chi connectivity index (χ4n) is 2.28. The Morgan fingerprint density at radius 3 is 2.59 bits per heavy atom. The van der Waals surface area contributed by atoms with Crippen molar-refractivity contribution in [2.45, 2.75) is 13.8 Å². The van der Waals surface area contributed by atoms with E-state index in [-0.39, 0.29) is 18.0 Å². The van der Waals surface area contributed by atoms with Crippen molar-refractivity contribution in [1.29, 1.82) is 0 Å². The summed E-state index contributed by atoms with van der Waals surface area (Å²) in [5.41, 5.74) is 1.78. The Labute approximate surface area is 129 Å². The van der Waals surface area contributed by atoms with Gasteiger partial charge in [-0.1, -0.05) is 0 Å². The second-order valence-electron chi connectivity index (χ2n) is 4.89. The van der Waals surface area contributed by atoms with Gasteiger partial charge in [0.15, 0.2) is 5.78 Å². The zero-order valence-corrected chi connectivity index (χ0v) is 13.2. The number of nitrogens with zero attached hydrogens (tertiary/aromatic N) is 1. The average molecular weight is 301 g/mol. The molecule has 0 aliphatic rings. The molecule has 0 bridgehead atoms. The Hall–Kier alpha value is -2.56. The van der Waals surface area contributed by atoms with Crippen molar-refractivity contribution in [2.75, 3.05) is 13.7 Å². The maximum Gasteiger partial charge on any atom is 0.341 e. The van der Waals surface area contributed by atoms with Gasteiger partial charge < -0.3 is 14.0 Å². The van der Waals surface area contributed by atoms with Crippen LogP contribution in [-0.4, -0.2) is 30.0 Å². The second-order valence-corrected chi connectivity index (χ2v) is 4.89. The molecule has 0 fully saturated rings. The first-order valence-corrected chi connectivity index (χ1v) is 7.01. The highest BCUT2D eigenvalue weighted by Gasteiger charge is 2.17. The third-order valence-corrected chi connectivity index (χ3v) is 3.45. The zero-order chi connectivity index (χ0) is 16.3. The molecule has 0 N–H and O–H groups in total. The van der Waals surface area contributed by atoms with E-state index in [4.69, 9.17) is 9.47 Å². The van der Waals surface area contributed by atoms with E-state index in [1.807, 2.05) is 35.9 Å². The monoisotopic (exact) mass is 301 g/mol. The van der Waals surface area contributed by atoms with Crippen molar-refractivity contribution in [3.05, 3.63) is 35.5 Å². The van der Waals surface area contributed by atoms with Crippen molar-refractivity contribution in [1.82, 2.24) is 4.57 Å². The van der Waals surface area contributed by atoms with Crippen LogP contribution in [-0.2, 0) is 21.4 Å². The molecule has 22 heavy (non-hydrogen) atoms. The number of methoxy groups -OCH3 is 1. The predicted molar refractivity (Wildman–Crippen MR) is 84.8 cm³/mol. The Balaban J connectivity index is 2.52. The minimum Gasteiger partial charge on any atom is -0.497 e. The average Bonchev–Trinajstić information content (AvgIpc) is 2.80. The first kappa shape index (κ1) is 15.8. The number of ketones is 1. The lowest BCUT2D eigenvalue weighted by atomic mass is 10.1. The van der Waals surface area contributed by atoms with Crippen molar-refractivity contribution in [2.24, 2.45) is 7.05 Å². The fraction of sp³-hybridized carbons (Fsp3) is 0.294. The van der Waals surface area contributed by atoms with Crippen molar-refractivity contribution in [3.63, 3.8) is 0 Å². The summed E-state index contributed by atoms with van der Waals surface area (Å²) in [7, 11) is 3.49. The highest BCUT2D eigenvalue weighted by atomic mass is 16.5. The van der Waals surface area contributed by atoms with E-state index in [0.717, 1.165) is 22.3 Å². The summed E-state index contributed by atoms with van der Waals surface area (Å²) in [6.45, 7) is 3.29. The summed E-state index contributed by atoms with van der Waals surface area (Å²) in [4.78, 5) is 23.6. The van der Waals surface area contributed by atoms with Gasteiger partial charge in [0, 0.05) is 23.6 Å². The van der Waals surface area contributed by atoms with Crippen LogP contribution in [0.4, 0.5) is 0 Å². The van der Waals surface area contributed by atoms with Crippen LogP contribution in [0.5, 0.6) is 5.75 Å². The van der Waals surface area contributed by atoms with Gasteiger partial charge in [0.2, 0.25) is 0 Å². The first-order chi connectivity index (χ1) is 10.5. The van der Waals surface area contributed by atoms with E-state index in [9.17, 15) is 9.59 Å². The molecule has 0 spiro atoms. The Bertz CT molecular complexity index is 755. The van der Waals surface area contributed by atoms with Crippen molar-refractivity contribution >= 4 is 28.7 Å². The van der Waals surface area contributed by atoms with Gasteiger partial charge in [-0.2, -0.15) is 0 Å². The van der Waals surface area contributed by atoms with Gasteiger partial charge in [0.1, 0.15) is 11.3 Å². The Morgan fingerprint density at radius 2 is 2.00 bits per heavy atom. The molecule has 0 aliphatic heterocycles. The number of hydrogen-bond acceptors (Lipinski definition) is 4. The molecule has 0 atom stereocenters. The van der Waals surface area contributed by atoms with Crippen LogP contribution < -0.4 is 4.74 Å². The van der Waals surface area contributed by atoms with Crippen LogP contribution in [0.2, 0.25) is 0 Å². The van der Waals surface area contributed by atoms with Crippen LogP contribution >= 0.6 is 0 Å². The van der Waals surface area contributed by atoms with E-state index in [0.29, 0.717) is 0 Å². The number of ether oxygens (including phenoxy) is 2. The van der Waals surface area contributed by atoms with Crippen LogP contribution in [0.3, 0.4) is 0 Å². The molecule has 5 heteroatoms. The molecule has 1 aromatic heterocycles. The Morgan fingerprint density at radius 1 is 1.27 bits per heavy atom. The molecular formula is C17H19NO4. The van der Waals surface area contributed by atoms with Crippen LogP contribution in [0, 0.1) is 0 Å². The quantitative estimate of drug-likeness (QED) is 0.369. The number of hydrogen-bond donors (Lipinski definition) is 0. The number of rotatable bonds is 5. The normalized spacial score (nSPS) is 11.5. The van der Waals surface area contributed by atoms with Crippen LogP contribution in [0.25, 0.3) is 17.0 Å². The molecule has 1 heterocycles. The van der Waals surface area contributed by atoms with E-state index >= 15 is 0 Å². The highest BCUT2D eigenvalue weighted by Crippen LogP contribution is 2.25. The largest absolute Gasteiger partial charge is 0.497 e. The number of aryl methyl sites for hydroxylation is 1. The van der Waals surface area contributed by atoms with E-state index in [1.165, 1.54) is 6.92 Å². The van der Waals surface area contributed by atoms with Crippen LogP contribution in [0.15, 0.2) is 29.8 Å². The third-order valence-electron chi connectivity index (χ3n) is 3.45. The fourth-order valence-corrected chi connectivity index (χ4v) is 2.28. The van der Waals surface area contributed by atoms with Gasteiger partial charge >= 0.3 is 5.97 Å². The summed E-state index contributed by atoms with van der Waals surface area (Å²) in [6, 6.07) is 7.61. The minimum absolute atomic E-state index is 0.0414. The molecule has 0 aliphatic carbocycles. The number of carbonyl (C=O) groups excluding carboxylic acids is 2. The highest BCUT2D eigenvalue weighted by molar-refractivity contribution is 6.19. The van der Waals surface area contributed by atoms with Gasteiger partial charge in [-0.05, 0) is 44.2 Å². The van der Waals surface area contributed by atoms with Gasteiger partial charge in [-0.25, -0.2) is 4.79 Å². The standard InChI is InChI=1S/C17H19NO4/c1-5-22-17(20)15(11(2)19)10-13-8-12-9-14(21-4)6-7-16(12)18(13)3/h6-10H,5H2,1-4H3. The molecule has 0 saturated carbocycles. The minimum atomic E-state index is -0.599. The molecule has 2 aromatic rings. The molecule has 1 aromatic carbocycles. The SMILES string of the molecule is CCOC(=O)C(=Cc1cc2cc(OC)ccc2n1C)C(C)=O. The van der Waals surface area contributed by atoms with Gasteiger partial charge in [-0.3, -0.25) is 4.79 Å². The molecular weight excluding hydrogens is 282 g/mol. The number of Topliss-reactive ketones (excluding diaryl/α,β-unsaturated/α-hetero) is 1. The topological polar surface area (TPSA) is 57.5 Å². The van der Waals surface area contributed by atoms with E-state index in [1.54, 1.807) is 20.1 Å². The van der Waals surface area contributed by atoms with Crippen LogP contribution in [0.1, 0.15) is 19.5 Å². The molecule has 116 valence electrons. The summed E-state index contributed by atoms with van der Waals surface area (Å²) >= 11 is 0. The van der Waals surface area contributed by atoms with E-state index < -0.39 is 5.97 Å². The summed E-state index contributed by atoms with van der Waals surface area (Å²) in [5.74, 6) is -0.162. The van der Waals surface area contributed by atoms with Gasteiger partial charge in [0.05, 0.1) is 13.7 Å². The smallest absolute Gasteiger partial charge is 0.341 e. The van der Waals surface area contributed by atoms with E-state index in [2.05, 4.69) is 0 Å². The van der Waals surface area contributed by atoms with Crippen molar-refractivity contribution < 1.29 is 19.1 Å². The number of fused-ring (bicyclic) bond motifs is 1. The summed E-state index contributed by atoms with van der Waals surface area (Å²) in [6.07, 6.45) is 1.56. The molecule has 0 unspecified atom stereocenters. The number of esters is 1. The Kier molecular flexibility index (Phi) is 4.65. The second kappa shape index (κ2) is 6.47. The van der Waals surface area contributed by atoms with Gasteiger partial charge in [-0.15, -0.1) is 0 Å². The van der Waals surface area contributed by atoms with Gasteiger partial charge in [0.25, 0.3) is 0 Å². The number of aromatic nitrogens is 1. The maximum absolute atomic E-state index is 11.9. The molecule has 0 radical (unpaired) electrons.